The lowest BCUT2D eigenvalue weighted by Gasteiger charge is -2.25. The van der Waals surface area contributed by atoms with Crippen molar-refractivity contribution in [1.29, 1.82) is 0 Å². The molecule has 0 radical (unpaired) electrons. The van der Waals surface area contributed by atoms with E-state index in [1.165, 1.54) is 44.7 Å². The number of ether oxygens (including phenoxy) is 6. The van der Waals surface area contributed by atoms with Crippen molar-refractivity contribution >= 4 is 24.2 Å². The summed E-state index contributed by atoms with van der Waals surface area (Å²) in [5, 5.41) is 0. The summed E-state index contributed by atoms with van der Waals surface area (Å²) in [6.45, 7) is 5.04. The lowest BCUT2D eigenvalue weighted by molar-refractivity contribution is -0.145. The monoisotopic (exact) mass is 821 g/mol. The van der Waals surface area contributed by atoms with Crippen molar-refractivity contribution in [3.63, 3.8) is 0 Å². The van der Waals surface area contributed by atoms with Crippen LogP contribution in [-0.4, -0.2) is 42.4 Å². The lowest BCUT2D eigenvalue weighted by Crippen LogP contribution is -2.30. The standard InChI is InChI=1S/C49H59NO10/c1-3-5-7-9-11-13-33-55-48(53)59-43-27-21-37(22-28-43)36-19-25-41(26-20-36)57-46(51)39-15-17-40(18-16-39)47(52)58-42-29-23-38(24-30-42)45-32-31-44(35-50-45)60-49(54)56-34-14-12-10-8-6-4-2/h19-32,35,39-40H,3-18,33-34H2,1-2H3/t39-,40-. The summed E-state index contributed by atoms with van der Waals surface area (Å²) in [7, 11) is 0. The van der Waals surface area contributed by atoms with Gasteiger partial charge < -0.3 is 28.4 Å². The second kappa shape index (κ2) is 25.0. The van der Waals surface area contributed by atoms with Crippen molar-refractivity contribution in [3.05, 3.63) is 91.1 Å². The van der Waals surface area contributed by atoms with Crippen LogP contribution in [0.3, 0.4) is 0 Å². The predicted molar refractivity (Wildman–Crippen MR) is 229 cm³/mol. The molecule has 0 bridgehead atoms. The topological polar surface area (TPSA) is 137 Å². The molecule has 11 nitrogen and oxygen atoms in total. The zero-order chi connectivity index (χ0) is 42.4. The van der Waals surface area contributed by atoms with Crippen LogP contribution in [0.4, 0.5) is 9.59 Å². The molecule has 0 aliphatic heterocycles. The highest BCUT2D eigenvalue weighted by Gasteiger charge is 2.32. The molecule has 1 aromatic heterocycles. The van der Waals surface area contributed by atoms with Crippen molar-refractivity contribution in [2.45, 2.75) is 117 Å². The number of rotatable bonds is 22. The van der Waals surface area contributed by atoms with Gasteiger partial charge in [0.2, 0.25) is 0 Å². The lowest BCUT2D eigenvalue weighted by atomic mass is 9.82. The quantitative estimate of drug-likeness (QED) is 0.0324. The molecule has 0 spiro atoms. The molecule has 1 heterocycles. The molecule has 0 N–H and O–H groups in total. The number of pyridine rings is 1. The zero-order valence-electron chi connectivity index (χ0n) is 35.1. The van der Waals surface area contributed by atoms with E-state index in [0.717, 1.165) is 55.2 Å². The minimum absolute atomic E-state index is 0.292. The number of aromatic nitrogens is 1. The van der Waals surface area contributed by atoms with Crippen LogP contribution in [0.5, 0.6) is 23.0 Å². The first-order valence-electron chi connectivity index (χ1n) is 21.7. The first kappa shape index (κ1) is 45.4. The first-order valence-corrected chi connectivity index (χ1v) is 21.7. The van der Waals surface area contributed by atoms with E-state index in [-0.39, 0.29) is 23.8 Å². The smallest absolute Gasteiger partial charge is 0.434 e. The third-order valence-electron chi connectivity index (χ3n) is 10.6. The molecule has 11 heteroatoms. The Kier molecular flexibility index (Phi) is 18.9. The van der Waals surface area contributed by atoms with Crippen molar-refractivity contribution in [2.24, 2.45) is 11.8 Å². The summed E-state index contributed by atoms with van der Waals surface area (Å²) in [5.74, 6) is 0.303. The Morgan fingerprint density at radius 2 is 0.817 bits per heavy atom. The largest absolute Gasteiger partial charge is 0.513 e. The number of hydrogen-bond donors (Lipinski definition) is 0. The third kappa shape index (κ3) is 15.5. The highest BCUT2D eigenvalue weighted by atomic mass is 16.7. The van der Waals surface area contributed by atoms with Crippen LogP contribution in [0.15, 0.2) is 91.1 Å². The number of benzene rings is 3. The summed E-state index contributed by atoms with van der Waals surface area (Å²) in [6.07, 6.45) is 15.4. The van der Waals surface area contributed by atoms with Crippen LogP contribution >= 0.6 is 0 Å². The molecule has 0 atom stereocenters. The average Bonchev–Trinajstić information content (AvgIpc) is 3.27. The molecule has 1 fully saturated rings. The Bertz CT molecular complexity index is 1760. The van der Waals surface area contributed by atoms with Gasteiger partial charge in [-0.05, 0) is 110 Å². The van der Waals surface area contributed by atoms with Gasteiger partial charge in [0.05, 0.1) is 36.9 Å². The van der Waals surface area contributed by atoms with E-state index in [1.807, 2.05) is 36.4 Å². The van der Waals surface area contributed by atoms with E-state index in [4.69, 9.17) is 28.4 Å². The molecule has 1 aliphatic carbocycles. The summed E-state index contributed by atoms with van der Waals surface area (Å²) in [6, 6.07) is 24.8. The maximum atomic E-state index is 13.0. The van der Waals surface area contributed by atoms with Crippen LogP contribution in [0.25, 0.3) is 22.4 Å². The van der Waals surface area contributed by atoms with Crippen LogP contribution in [-0.2, 0) is 19.1 Å². The Morgan fingerprint density at radius 3 is 1.23 bits per heavy atom. The van der Waals surface area contributed by atoms with Gasteiger partial charge in [0.15, 0.2) is 5.75 Å². The molecule has 4 aromatic rings. The van der Waals surface area contributed by atoms with Gasteiger partial charge in [0.1, 0.15) is 17.2 Å². The molecule has 1 aliphatic rings. The van der Waals surface area contributed by atoms with E-state index < -0.39 is 12.3 Å². The van der Waals surface area contributed by atoms with Crippen molar-refractivity contribution in [2.75, 3.05) is 13.2 Å². The summed E-state index contributed by atoms with van der Waals surface area (Å²) >= 11 is 0. The number of nitrogens with zero attached hydrogens (tertiary/aromatic N) is 1. The molecule has 0 unspecified atom stereocenters. The SMILES string of the molecule is CCCCCCCCOC(=O)Oc1ccc(-c2ccc(OC(=O)[C@H]3CC[C@H](C(=O)Oc4ccc(-c5ccc(OC(=O)OCCCCCCCC)cn5)cc4)CC3)cc2)cc1. The van der Waals surface area contributed by atoms with Gasteiger partial charge in [-0.2, -0.15) is 0 Å². The van der Waals surface area contributed by atoms with Crippen LogP contribution in [0.1, 0.15) is 117 Å². The Labute approximate surface area is 354 Å². The van der Waals surface area contributed by atoms with Gasteiger partial charge >= 0.3 is 24.2 Å². The zero-order valence-corrected chi connectivity index (χ0v) is 35.1. The van der Waals surface area contributed by atoms with Crippen molar-refractivity contribution in [3.8, 4) is 45.4 Å². The van der Waals surface area contributed by atoms with E-state index in [2.05, 4.69) is 18.8 Å². The number of carbonyl (C=O) groups is 4. The van der Waals surface area contributed by atoms with E-state index in [0.29, 0.717) is 67.6 Å². The number of esters is 2. The fourth-order valence-electron chi connectivity index (χ4n) is 7.03. The van der Waals surface area contributed by atoms with Crippen LogP contribution in [0.2, 0.25) is 0 Å². The highest BCUT2D eigenvalue weighted by molar-refractivity contribution is 5.78. The van der Waals surface area contributed by atoms with E-state index in [9.17, 15) is 19.2 Å². The number of unbranched alkanes of at least 4 members (excludes halogenated alkanes) is 10. The van der Waals surface area contributed by atoms with Gasteiger partial charge in [-0.15, -0.1) is 0 Å². The minimum Gasteiger partial charge on any atom is -0.434 e. The van der Waals surface area contributed by atoms with Crippen molar-refractivity contribution < 1.29 is 47.6 Å². The average molecular weight is 822 g/mol. The van der Waals surface area contributed by atoms with E-state index in [1.54, 1.807) is 48.5 Å². The summed E-state index contributed by atoms with van der Waals surface area (Å²) in [5.41, 5.74) is 3.29. The third-order valence-corrected chi connectivity index (χ3v) is 10.6. The van der Waals surface area contributed by atoms with Gasteiger partial charge in [0.25, 0.3) is 0 Å². The normalized spacial score (nSPS) is 14.8. The molecule has 3 aromatic carbocycles. The molecular formula is C49H59NO10. The molecular weight excluding hydrogens is 763 g/mol. The van der Waals surface area contributed by atoms with Gasteiger partial charge in [-0.25, -0.2) is 9.59 Å². The van der Waals surface area contributed by atoms with Crippen molar-refractivity contribution in [1.82, 2.24) is 4.98 Å². The summed E-state index contributed by atoms with van der Waals surface area (Å²) < 4.78 is 32.3. The maximum absolute atomic E-state index is 13.0. The van der Waals surface area contributed by atoms with Gasteiger partial charge in [0, 0.05) is 5.56 Å². The Hall–Kier alpha value is -5.71. The molecule has 320 valence electrons. The van der Waals surface area contributed by atoms with Crippen LogP contribution in [0, 0.1) is 11.8 Å². The minimum atomic E-state index is -0.743. The van der Waals surface area contributed by atoms with Gasteiger partial charge in [-0.3, -0.25) is 14.6 Å². The molecule has 5 rings (SSSR count). The molecule has 0 amide bonds. The second-order valence-electron chi connectivity index (χ2n) is 15.3. The fraction of sp³-hybridized carbons (Fsp3) is 0.449. The first-order chi connectivity index (χ1) is 29.3. The highest BCUT2D eigenvalue weighted by Crippen LogP contribution is 2.33. The molecule has 1 saturated carbocycles. The molecule has 60 heavy (non-hydrogen) atoms. The maximum Gasteiger partial charge on any atom is 0.513 e. The fourth-order valence-corrected chi connectivity index (χ4v) is 7.03. The van der Waals surface area contributed by atoms with Gasteiger partial charge in [-0.1, -0.05) is 102 Å². The Balaban J connectivity index is 0.977. The second-order valence-corrected chi connectivity index (χ2v) is 15.3. The Morgan fingerprint density at radius 1 is 0.450 bits per heavy atom. The predicted octanol–water partition coefficient (Wildman–Crippen LogP) is 12.5. The molecule has 0 saturated heterocycles. The van der Waals surface area contributed by atoms with Crippen LogP contribution < -0.4 is 18.9 Å². The number of hydrogen-bond acceptors (Lipinski definition) is 11. The summed E-state index contributed by atoms with van der Waals surface area (Å²) in [4.78, 5) is 54.5. The number of carbonyl (C=O) groups excluding carboxylic acids is 4. The van der Waals surface area contributed by atoms with E-state index >= 15 is 0 Å².